The molecule has 0 amide bonds. The van der Waals surface area contributed by atoms with Crippen LogP contribution in [0.15, 0.2) is 24.5 Å². The summed E-state index contributed by atoms with van der Waals surface area (Å²) in [5.41, 5.74) is 7.81. The summed E-state index contributed by atoms with van der Waals surface area (Å²) in [5, 5.41) is 17.1. The van der Waals surface area contributed by atoms with Gasteiger partial charge in [-0.15, -0.1) is 12.4 Å². The maximum absolute atomic E-state index is 8.92. The number of amidine groups is 1. The Morgan fingerprint density at radius 2 is 2.26 bits per heavy atom. The van der Waals surface area contributed by atoms with Gasteiger partial charge in [0.05, 0.1) is 12.5 Å². The van der Waals surface area contributed by atoms with Crippen molar-refractivity contribution in [3.8, 4) is 6.07 Å². The Kier molecular flexibility index (Phi) is 5.55. The molecule has 0 atom stereocenters. The Morgan fingerprint density at radius 3 is 2.95 bits per heavy atom. The maximum Gasteiger partial charge on any atom is 0.159 e. The van der Waals surface area contributed by atoms with Crippen molar-refractivity contribution in [2.45, 2.75) is 12.2 Å². The van der Waals surface area contributed by atoms with Gasteiger partial charge in [0.2, 0.25) is 0 Å². The molecule has 0 aliphatic carbocycles. The minimum Gasteiger partial charge on any atom is -0.379 e. The molecule has 0 radical (unpaired) electrons. The number of nitrogens with two attached hydrogens (primary N) is 1. The number of fused-ring (bicyclic) bond motifs is 1. The molecule has 0 fully saturated rings. The molecule has 2 heterocycles. The molecule has 0 saturated heterocycles. The van der Waals surface area contributed by atoms with E-state index in [1.165, 1.54) is 11.8 Å². The number of pyridine rings is 2. The molecular formula is C12H12ClN5S. The van der Waals surface area contributed by atoms with Crippen LogP contribution in [0.5, 0.6) is 0 Å². The molecule has 0 aliphatic heterocycles. The quantitative estimate of drug-likeness (QED) is 0.668. The van der Waals surface area contributed by atoms with E-state index in [1.807, 2.05) is 12.1 Å². The molecule has 19 heavy (non-hydrogen) atoms. The summed E-state index contributed by atoms with van der Waals surface area (Å²) < 4.78 is 0. The summed E-state index contributed by atoms with van der Waals surface area (Å²) in [6, 6.07) is 5.89. The van der Waals surface area contributed by atoms with Gasteiger partial charge in [-0.25, -0.2) is 9.97 Å². The van der Waals surface area contributed by atoms with Gasteiger partial charge in [-0.2, -0.15) is 5.26 Å². The zero-order valence-electron chi connectivity index (χ0n) is 9.96. The van der Waals surface area contributed by atoms with Crippen molar-refractivity contribution in [1.82, 2.24) is 9.97 Å². The zero-order chi connectivity index (χ0) is 13.0. The largest absolute Gasteiger partial charge is 0.379 e. The predicted molar refractivity (Wildman–Crippen MR) is 79.3 cm³/mol. The third-order valence-corrected chi connectivity index (χ3v) is 3.25. The van der Waals surface area contributed by atoms with Crippen LogP contribution in [-0.2, 0) is 12.2 Å². The SMILES string of the molecule is Cl.N#CCc1c(CSC(=N)N)cnc2ncccc12. The molecule has 2 rings (SSSR count). The number of halogens is 1. The summed E-state index contributed by atoms with van der Waals surface area (Å²) in [6.07, 6.45) is 3.69. The second-order valence-electron chi connectivity index (χ2n) is 3.62. The second-order valence-corrected chi connectivity index (χ2v) is 4.64. The number of thioether (sulfide) groups is 1. The van der Waals surface area contributed by atoms with Crippen molar-refractivity contribution < 1.29 is 0 Å². The minimum absolute atomic E-state index is 0. The van der Waals surface area contributed by atoms with E-state index in [1.54, 1.807) is 12.4 Å². The fourth-order valence-electron chi connectivity index (χ4n) is 1.69. The van der Waals surface area contributed by atoms with Gasteiger partial charge in [-0.3, -0.25) is 5.41 Å². The average molecular weight is 294 g/mol. The molecule has 0 saturated carbocycles. The third-order valence-electron chi connectivity index (χ3n) is 2.48. The van der Waals surface area contributed by atoms with Gasteiger partial charge in [-0.1, -0.05) is 11.8 Å². The van der Waals surface area contributed by atoms with E-state index in [9.17, 15) is 0 Å². The molecule has 0 bridgehead atoms. The molecule has 0 aliphatic rings. The van der Waals surface area contributed by atoms with Crippen molar-refractivity contribution in [1.29, 1.82) is 10.7 Å². The van der Waals surface area contributed by atoms with Crippen LogP contribution in [0.4, 0.5) is 0 Å². The first-order valence-corrected chi connectivity index (χ1v) is 6.26. The highest BCUT2D eigenvalue weighted by Gasteiger charge is 2.09. The van der Waals surface area contributed by atoms with E-state index in [2.05, 4.69) is 16.0 Å². The van der Waals surface area contributed by atoms with Gasteiger partial charge in [-0.05, 0) is 23.3 Å². The Bertz CT molecular complexity index is 638. The van der Waals surface area contributed by atoms with Crippen LogP contribution in [0, 0.1) is 16.7 Å². The van der Waals surface area contributed by atoms with Crippen LogP contribution in [0.3, 0.4) is 0 Å². The number of hydrogen-bond donors (Lipinski definition) is 2. The standard InChI is InChI=1S/C12H11N5S.ClH/c13-4-3-9-8(7-18-12(14)15)6-17-11-10(9)2-1-5-16-11;/h1-2,5-6H,3,7H2,(H3,14,15);1H. The van der Waals surface area contributed by atoms with Crippen molar-refractivity contribution in [3.05, 3.63) is 35.7 Å². The Labute approximate surface area is 121 Å². The molecule has 2 aromatic rings. The normalized spacial score (nSPS) is 9.63. The topological polar surface area (TPSA) is 99.4 Å². The van der Waals surface area contributed by atoms with E-state index in [0.29, 0.717) is 17.8 Å². The maximum atomic E-state index is 8.92. The molecule has 7 heteroatoms. The molecule has 3 N–H and O–H groups in total. The smallest absolute Gasteiger partial charge is 0.159 e. The highest BCUT2D eigenvalue weighted by atomic mass is 35.5. The zero-order valence-corrected chi connectivity index (χ0v) is 11.6. The highest BCUT2D eigenvalue weighted by Crippen LogP contribution is 2.23. The number of nitrogens with zero attached hydrogens (tertiary/aromatic N) is 3. The van der Waals surface area contributed by atoms with Crippen LogP contribution in [0.2, 0.25) is 0 Å². The second kappa shape index (κ2) is 6.92. The lowest BCUT2D eigenvalue weighted by Crippen LogP contribution is -2.05. The molecular weight excluding hydrogens is 282 g/mol. The van der Waals surface area contributed by atoms with Crippen LogP contribution < -0.4 is 5.73 Å². The van der Waals surface area contributed by atoms with Gasteiger partial charge in [0.25, 0.3) is 0 Å². The third kappa shape index (κ3) is 3.56. The summed E-state index contributed by atoms with van der Waals surface area (Å²) in [7, 11) is 0. The van der Waals surface area contributed by atoms with Gasteiger partial charge in [0.1, 0.15) is 0 Å². The first-order chi connectivity index (χ1) is 8.72. The number of nitrogens with one attached hydrogen (secondary N) is 1. The van der Waals surface area contributed by atoms with Crippen LogP contribution in [-0.4, -0.2) is 15.1 Å². The van der Waals surface area contributed by atoms with Crippen molar-refractivity contribution in [3.63, 3.8) is 0 Å². The highest BCUT2D eigenvalue weighted by molar-refractivity contribution is 8.13. The first-order valence-electron chi connectivity index (χ1n) is 5.27. The van der Waals surface area contributed by atoms with Gasteiger partial charge in [0.15, 0.2) is 10.8 Å². The number of aromatic nitrogens is 2. The molecule has 0 aromatic carbocycles. The number of rotatable bonds is 3. The lowest BCUT2D eigenvalue weighted by atomic mass is 10.0. The Balaban J connectivity index is 0.00000180. The van der Waals surface area contributed by atoms with Crippen LogP contribution >= 0.6 is 24.2 Å². The molecule has 98 valence electrons. The van der Waals surface area contributed by atoms with Gasteiger partial charge in [0, 0.05) is 23.5 Å². The van der Waals surface area contributed by atoms with Crippen molar-refractivity contribution >= 4 is 40.4 Å². The van der Waals surface area contributed by atoms with E-state index >= 15 is 0 Å². The lowest BCUT2D eigenvalue weighted by Gasteiger charge is -2.08. The molecule has 0 spiro atoms. The minimum atomic E-state index is 0. The summed E-state index contributed by atoms with van der Waals surface area (Å²) in [5.74, 6) is 0.546. The Morgan fingerprint density at radius 1 is 1.47 bits per heavy atom. The van der Waals surface area contributed by atoms with E-state index in [4.69, 9.17) is 16.4 Å². The summed E-state index contributed by atoms with van der Waals surface area (Å²) in [4.78, 5) is 8.42. The first kappa shape index (κ1) is 15.2. The summed E-state index contributed by atoms with van der Waals surface area (Å²) >= 11 is 1.22. The predicted octanol–water partition coefficient (Wildman–Crippen LogP) is 2.24. The molecule has 5 nitrogen and oxygen atoms in total. The summed E-state index contributed by atoms with van der Waals surface area (Å²) in [6.45, 7) is 0. The van der Waals surface area contributed by atoms with Gasteiger partial charge < -0.3 is 5.73 Å². The monoisotopic (exact) mass is 293 g/mol. The fraction of sp³-hybridized carbons (Fsp3) is 0.167. The Hall–Kier alpha value is -1.84. The fourth-order valence-corrected chi connectivity index (χ4v) is 2.25. The van der Waals surface area contributed by atoms with Crippen LogP contribution in [0.1, 0.15) is 11.1 Å². The van der Waals surface area contributed by atoms with Crippen molar-refractivity contribution in [2.75, 3.05) is 0 Å². The van der Waals surface area contributed by atoms with E-state index < -0.39 is 0 Å². The average Bonchev–Trinajstić information content (AvgIpc) is 2.38. The number of hydrogen-bond acceptors (Lipinski definition) is 5. The lowest BCUT2D eigenvalue weighted by molar-refractivity contribution is 1.16. The van der Waals surface area contributed by atoms with Crippen LogP contribution in [0.25, 0.3) is 11.0 Å². The molecule has 0 unspecified atom stereocenters. The van der Waals surface area contributed by atoms with E-state index in [-0.39, 0.29) is 17.6 Å². The van der Waals surface area contributed by atoms with Crippen molar-refractivity contribution in [2.24, 2.45) is 5.73 Å². The number of nitriles is 1. The molecule has 2 aromatic heterocycles. The van der Waals surface area contributed by atoms with E-state index in [0.717, 1.165) is 16.5 Å². The van der Waals surface area contributed by atoms with Gasteiger partial charge >= 0.3 is 0 Å².